The van der Waals surface area contributed by atoms with Gasteiger partial charge in [-0.3, -0.25) is 0 Å². The molecule has 1 fully saturated rings. The first kappa shape index (κ1) is 24.4. The molecule has 0 unspecified atom stereocenters. The molecular formula is C27H22ClFN6O2. The third-order valence-electron chi connectivity index (χ3n) is 5.45. The number of halogens is 2. The molecule has 1 saturated heterocycles. The predicted molar refractivity (Wildman–Crippen MR) is 139 cm³/mol. The van der Waals surface area contributed by atoms with E-state index in [1.807, 2.05) is 6.07 Å². The fourth-order valence-electron chi connectivity index (χ4n) is 3.61. The fourth-order valence-corrected chi connectivity index (χ4v) is 3.84. The fraction of sp³-hybridized carbons (Fsp3) is 0.185. The van der Waals surface area contributed by atoms with Crippen molar-refractivity contribution in [2.45, 2.75) is 6.61 Å². The third-order valence-corrected chi connectivity index (χ3v) is 5.75. The monoisotopic (exact) mass is 516 g/mol. The average Bonchev–Trinajstić information content (AvgIpc) is 2.93. The van der Waals surface area contributed by atoms with Crippen molar-refractivity contribution >= 4 is 29.1 Å². The van der Waals surface area contributed by atoms with E-state index in [2.05, 4.69) is 42.0 Å². The summed E-state index contributed by atoms with van der Waals surface area (Å²) in [6.07, 6.45) is 4.76. The van der Waals surface area contributed by atoms with Gasteiger partial charge < -0.3 is 19.7 Å². The lowest BCUT2D eigenvalue weighted by molar-refractivity contribution is 0.122. The molecule has 1 aliphatic heterocycles. The maximum Gasteiger partial charge on any atom is 0.226 e. The van der Waals surface area contributed by atoms with E-state index in [-0.39, 0.29) is 12.4 Å². The summed E-state index contributed by atoms with van der Waals surface area (Å²) < 4.78 is 24.5. The van der Waals surface area contributed by atoms with Crippen LogP contribution in [0, 0.1) is 17.7 Å². The molecule has 5 rings (SSSR count). The topological polar surface area (TPSA) is 85.3 Å². The van der Waals surface area contributed by atoms with Crippen LogP contribution >= 0.6 is 11.6 Å². The Labute approximate surface area is 218 Å². The number of hydrogen-bond donors (Lipinski definition) is 1. The maximum absolute atomic E-state index is 13.4. The van der Waals surface area contributed by atoms with Gasteiger partial charge in [-0.05, 0) is 47.9 Å². The standard InChI is InChI=1S/C27H22ClFN6O2/c28-24-15-23(6-7-25(24)37-17-19-2-1-3-21(29)14-19)33-26-20(16-30-18-32-26)4-5-22-8-9-31-27(34-22)35-10-12-36-13-11-35/h1-3,6-9,14-16,18H,10-13,17H2,(H,30,32,33). The van der Waals surface area contributed by atoms with Gasteiger partial charge in [-0.1, -0.05) is 29.7 Å². The van der Waals surface area contributed by atoms with Gasteiger partial charge in [-0.15, -0.1) is 0 Å². The van der Waals surface area contributed by atoms with Gasteiger partial charge in [0.25, 0.3) is 0 Å². The highest BCUT2D eigenvalue weighted by Crippen LogP contribution is 2.30. The van der Waals surface area contributed by atoms with Crippen LogP contribution in [-0.4, -0.2) is 46.2 Å². The van der Waals surface area contributed by atoms with Gasteiger partial charge in [-0.25, -0.2) is 24.3 Å². The zero-order valence-electron chi connectivity index (χ0n) is 19.7. The molecule has 0 spiro atoms. The number of benzene rings is 2. The molecule has 186 valence electrons. The Bertz CT molecular complexity index is 1450. The molecule has 37 heavy (non-hydrogen) atoms. The second kappa shape index (κ2) is 11.6. The molecule has 0 aliphatic carbocycles. The van der Waals surface area contributed by atoms with Crippen molar-refractivity contribution in [3.05, 3.63) is 94.9 Å². The van der Waals surface area contributed by atoms with E-state index in [0.29, 0.717) is 58.3 Å². The highest BCUT2D eigenvalue weighted by atomic mass is 35.5. The summed E-state index contributed by atoms with van der Waals surface area (Å²) in [6, 6.07) is 13.3. The van der Waals surface area contributed by atoms with Crippen molar-refractivity contribution < 1.29 is 13.9 Å². The smallest absolute Gasteiger partial charge is 0.226 e. The summed E-state index contributed by atoms with van der Waals surface area (Å²) >= 11 is 6.43. The number of aromatic nitrogens is 4. The van der Waals surface area contributed by atoms with Crippen LogP contribution in [0.15, 0.2) is 67.3 Å². The molecule has 2 aromatic carbocycles. The molecule has 0 bridgehead atoms. The maximum atomic E-state index is 13.4. The summed E-state index contributed by atoms with van der Waals surface area (Å²) in [5, 5.41) is 3.63. The van der Waals surface area contributed by atoms with Crippen molar-refractivity contribution in [2.24, 2.45) is 0 Å². The molecule has 4 aromatic rings. The van der Waals surface area contributed by atoms with E-state index in [1.54, 1.807) is 42.7 Å². The van der Waals surface area contributed by atoms with Gasteiger partial charge in [0.15, 0.2) is 0 Å². The number of hydrogen-bond acceptors (Lipinski definition) is 8. The Balaban J connectivity index is 1.28. The summed E-state index contributed by atoms with van der Waals surface area (Å²) in [4.78, 5) is 19.4. The molecule has 0 amide bonds. The van der Waals surface area contributed by atoms with Crippen LogP contribution < -0.4 is 15.0 Å². The second-order valence-electron chi connectivity index (χ2n) is 8.07. The zero-order valence-corrected chi connectivity index (χ0v) is 20.5. The molecule has 10 heteroatoms. The largest absolute Gasteiger partial charge is 0.487 e. The molecular weight excluding hydrogens is 495 g/mol. The van der Waals surface area contributed by atoms with Crippen LogP contribution in [-0.2, 0) is 11.3 Å². The minimum Gasteiger partial charge on any atom is -0.487 e. The number of anilines is 3. The lowest BCUT2D eigenvalue weighted by Gasteiger charge is -2.26. The Kier molecular flexibility index (Phi) is 7.69. The summed E-state index contributed by atoms with van der Waals surface area (Å²) in [6.45, 7) is 3.00. The van der Waals surface area contributed by atoms with Crippen LogP contribution in [0.2, 0.25) is 5.02 Å². The lowest BCUT2D eigenvalue weighted by Crippen LogP contribution is -2.37. The number of nitrogens with one attached hydrogen (secondary N) is 1. The minimum absolute atomic E-state index is 0.201. The van der Waals surface area contributed by atoms with Gasteiger partial charge >= 0.3 is 0 Å². The Morgan fingerprint density at radius 1 is 1.08 bits per heavy atom. The first-order chi connectivity index (χ1) is 18.1. The van der Waals surface area contributed by atoms with Crippen molar-refractivity contribution in [3.63, 3.8) is 0 Å². The van der Waals surface area contributed by atoms with Gasteiger partial charge in [0.2, 0.25) is 5.95 Å². The summed E-state index contributed by atoms with van der Waals surface area (Å²) in [5.41, 5.74) is 2.59. The average molecular weight is 517 g/mol. The van der Waals surface area contributed by atoms with E-state index in [0.717, 1.165) is 13.1 Å². The second-order valence-corrected chi connectivity index (χ2v) is 8.47. The van der Waals surface area contributed by atoms with Crippen molar-refractivity contribution in [2.75, 3.05) is 36.5 Å². The van der Waals surface area contributed by atoms with Crippen LogP contribution in [0.4, 0.5) is 21.8 Å². The first-order valence-corrected chi connectivity index (χ1v) is 11.9. The highest BCUT2D eigenvalue weighted by molar-refractivity contribution is 6.32. The predicted octanol–water partition coefficient (Wildman–Crippen LogP) is 4.62. The van der Waals surface area contributed by atoms with Gasteiger partial charge in [0.05, 0.1) is 23.8 Å². The van der Waals surface area contributed by atoms with E-state index in [9.17, 15) is 4.39 Å². The number of rotatable bonds is 6. The van der Waals surface area contributed by atoms with E-state index >= 15 is 0 Å². The molecule has 3 heterocycles. The SMILES string of the molecule is Fc1cccc(COc2ccc(Nc3ncncc3C#Cc3ccnc(N4CCOCC4)n3)cc2Cl)c1. The Hall–Kier alpha value is -4.26. The van der Waals surface area contributed by atoms with Crippen LogP contribution in [0.25, 0.3) is 0 Å². The van der Waals surface area contributed by atoms with Gasteiger partial charge in [0.1, 0.15) is 36.0 Å². The quantitative estimate of drug-likeness (QED) is 0.372. The normalized spacial score (nSPS) is 13.0. The third kappa shape index (κ3) is 6.50. The molecule has 0 saturated carbocycles. The van der Waals surface area contributed by atoms with E-state index < -0.39 is 0 Å². The summed E-state index contributed by atoms with van der Waals surface area (Å²) in [7, 11) is 0. The molecule has 0 atom stereocenters. The van der Waals surface area contributed by atoms with E-state index in [1.165, 1.54) is 18.5 Å². The Morgan fingerprint density at radius 3 is 2.81 bits per heavy atom. The van der Waals surface area contributed by atoms with Crippen molar-refractivity contribution in [1.82, 2.24) is 19.9 Å². The van der Waals surface area contributed by atoms with Crippen molar-refractivity contribution in [1.29, 1.82) is 0 Å². The molecule has 1 aliphatic rings. The first-order valence-electron chi connectivity index (χ1n) is 11.6. The van der Waals surface area contributed by atoms with Crippen LogP contribution in [0.3, 0.4) is 0 Å². The molecule has 8 nitrogen and oxygen atoms in total. The molecule has 2 aromatic heterocycles. The van der Waals surface area contributed by atoms with Crippen LogP contribution in [0.5, 0.6) is 5.75 Å². The summed E-state index contributed by atoms with van der Waals surface area (Å²) in [5.74, 6) is 7.49. The lowest BCUT2D eigenvalue weighted by atomic mass is 10.2. The Morgan fingerprint density at radius 2 is 1.97 bits per heavy atom. The zero-order chi connectivity index (χ0) is 25.5. The number of morpholine rings is 1. The minimum atomic E-state index is -0.312. The van der Waals surface area contributed by atoms with Gasteiger partial charge in [-0.2, -0.15) is 0 Å². The number of nitrogens with zero attached hydrogens (tertiary/aromatic N) is 5. The van der Waals surface area contributed by atoms with Crippen molar-refractivity contribution in [3.8, 4) is 17.6 Å². The van der Waals surface area contributed by atoms with Crippen LogP contribution in [0.1, 0.15) is 16.8 Å². The number of ether oxygens (including phenoxy) is 2. The molecule has 1 N–H and O–H groups in total. The van der Waals surface area contributed by atoms with E-state index in [4.69, 9.17) is 21.1 Å². The van der Waals surface area contributed by atoms with Gasteiger partial charge in [0, 0.05) is 31.2 Å². The molecule has 0 radical (unpaired) electrons. The highest BCUT2D eigenvalue weighted by Gasteiger charge is 2.13.